The molecule has 1 aliphatic heterocycles. The lowest BCUT2D eigenvalue weighted by atomic mass is 9.82. The number of amides is 2. The van der Waals surface area contributed by atoms with Crippen molar-refractivity contribution >= 4 is 12.2 Å². The molecule has 194 valence electrons. The van der Waals surface area contributed by atoms with Gasteiger partial charge >= 0.3 is 12.2 Å². The smallest absolute Gasteiger partial charge is 0.410 e. The van der Waals surface area contributed by atoms with E-state index in [2.05, 4.69) is 41.7 Å². The Kier molecular flexibility index (Phi) is 7.05. The molecule has 0 aliphatic carbocycles. The monoisotopic (exact) mass is 500 g/mol. The van der Waals surface area contributed by atoms with Crippen LogP contribution in [0.4, 0.5) is 9.59 Å². The fourth-order valence-corrected chi connectivity index (χ4v) is 4.36. The lowest BCUT2D eigenvalue weighted by Gasteiger charge is -2.50. The zero-order valence-electron chi connectivity index (χ0n) is 22.5. The first-order valence-corrected chi connectivity index (χ1v) is 12.6. The summed E-state index contributed by atoms with van der Waals surface area (Å²) in [6.07, 6.45) is -0.916. The Bertz CT molecular complexity index is 1230. The normalized spacial score (nSPS) is 14.9. The molecule has 4 rings (SSSR count). The average Bonchev–Trinajstić information content (AvgIpc) is 2.80. The fraction of sp³-hybridized carbons (Fsp3) is 0.355. The number of hydrogen-bond donors (Lipinski definition) is 1. The summed E-state index contributed by atoms with van der Waals surface area (Å²) >= 11 is 0. The lowest BCUT2D eigenvalue weighted by Crippen LogP contribution is -2.69. The van der Waals surface area contributed by atoms with Crippen molar-refractivity contribution in [1.29, 1.82) is 0 Å². The van der Waals surface area contributed by atoms with Gasteiger partial charge < -0.3 is 19.7 Å². The third kappa shape index (κ3) is 6.50. The Balaban J connectivity index is 1.54. The summed E-state index contributed by atoms with van der Waals surface area (Å²) in [6, 6.07) is 26.8. The molecule has 3 aromatic rings. The van der Waals surface area contributed by atoms with Crippen molar-refractivity contribution in [1.82, 2.24) is 10.2 Å². The molecule has 0 bridgehead atoms. The standard InChI is InChI=1S/C31H36N2O4/c1-29(2,3)36-27(34)32-31(20-33(21-31)28(35)37-30(4,5)6)26-18-16-25(17-19-26)24-14-12-23(13-15-24)22-10-8-7-9-11-22/h7-19H,20-21H2,1-6H3,(H,32,34). The maximum Gasteiger partial charge on any atom is 0.410 e. The van der Waals surface area contributed by atoms with Crippen molar-refractivity contribution in [2.24, 2.45) is 0 Å². The second-order valence-electron chi connectivity index (χ2n) is 11.6. The highest BCUT2D eigenvalue weighted by atomic mass is 16.6. The number of alkyl carbamates (subject to hydrolysis) is 1. The summed E-state index contributed by atoms with van der Waals surface area (Å²) in [5, 5.41) is 3.02. The molecule has 3 aromatic carbocycles. The first-order valence-electron chi connectivity index (χ1n) is 12.6. The van der Waals surface area contributed by atoms with Crippen LogP contribution in [0.25, 0.3) is 22.3 Å². The molecule has 0 radical (unpaired) electrons. The van der Waals surface area contributed by atoms with E-state index in [1.807, 2.05) is 84.0 Å². The molecule has 1 fully saturated rings. The van der Waals surface area contributed by atoms with Gasteiger partial charge in [0.05, 0.1) is 13.1 Å². The number of nitrogens with one attached hydrogen (secondary N) is 1. The van der Waals surface area contributed by atoms with Crippen LogP contribution in [0.1, 0.15) is 47.1 Å². The van der Waals surface area contributed by atoms with Gasteiger partial charge in [0.1, 0.15) is 16.7 Å². The van der Waals surface area contributed by atoms with Gasteiger partial charge in [-0.3, -0.25) is 0 Å². The molecule has 6 heteroatoms. The van der Waals surface area contributed by atoms with E-state index in [1.165, 1.54) is 5.56 Å². The minimum Gasteiger partial charge on any atom is -0.444 e. The van der Waals surface area contributed by atoms with Gasteiger partial charge in [-0.05, 0) is 69.4 Å². The molecule has 0 saturated carbocycles. The molecular formula is C31H36N2O4. The molecule has 1 heterocycles. The topological polar surface area (TPSA) is 67.9 Å². The second-order valence-corrected chi connectivity index (χ2v) is 11.6. The first kappa shape index (κ1) is 26.3. The van der Waals surface area contributed by atoms with Crippen molar-refractivity contribution in [3.05, 3.63) is 84.4 Å². The molecule has 0 spiro atoms. The highest BCUT2D eigenvalue weighted by molar-refractivity contribution is 5.74. The van der Waals surface area contributed by atoms with Crippen LogP contribution in [-0.2, 0) is 15.0 Å². The van der Waals surface area contributed by atoms with Gasteiger partial charge in [0.2, 0.25) is 0 Å². The molecular weight excluding hydrogens is 464 g/mol. The van der Waals surface area contributed by atoms with Crippen LogP contribution in [0.3, 0.4) is 0 Å². The van der Waals surface area contributed by atoms with Crippen LogP contribution in [0.2, 0.25) is 0 Å². The van der Waals surface area contributed by atoms with Crippen LogP contribution in [0, 0.1) is 0 Å². The van der Waals surface area contributed by atoms with Crippen LogP contribution in [-0.4, -0.2) is 41.4 Å². The molecule has 1 N–H and O–H groups in total. The minimum absolute atomic E-state index is 0.298. The van der Waals surface area contributed by atoms with E-state index < -0.39 is 28.9 Å². The summed E-state index contributed by atoms with van der Waals surface area (Å²) in [7, 11) is 0. The molecule has 6 nitrogen and oxygen atoms in total. The van der Waals surface area contributed by atoms with E-state index in [9.17, 15) is 9.59 Å². The van der Waals surface area contributed by atoms with Crippen molar-refractivity contribution < 1.29 is 19.1 Å². The summed E-state index contributed by atoms with van der Waals surface area (Å²) < 4.78 is 11.0. The maximum atomic E-state index is 12.7. The number of carbonyl (C=O) groups is 2. The lowest BCUT2D eigenvalue weighted by molar-refractivity contribution is -0.0229. The van der Waals surface area contributed by atoms with Crippen LogP contribution < -0.4 is 5.32 Å². The molecule has 0 unspecified atom stereocenters. The number of hydrogen-bond acceptors (Lipinski definition) is 4. The van der Waals surface area contributed by atoms with Crippen molar-refractivity contribution in [3.63, 3.8) is 0 Å². The van der Waals surface area contributed by atoms with Gasteiger partial charge in [0, 0.05) is 0 Å². The van der Waals surface area contributed by atoms with Gasteiger partial charge in [-0.15, -0.1) is 0 Å². The third-order valence-corrected chi connectivity index (χ3v) is 6.08. The van der Waals surface area contributed by atoms with E-state index >= 15 is 0 Å². The zero-order valence-corrected chi connectivity index (χ0v) is 22.5. The number of benzene rings is 3. The average molecular weight is 501 g/mol. The SMILES string of the molecule is CC(C)(C)OC(=O)NC1(c2ccc(-c3ccc(-c4ccccc4)cc3)cc2)CN(C(=O)OC(C)(C)C)C1. The van der Waals surface area contributed by atoms with Crippen molar-refractivity contribution in [2.75, 3.05) is 13.1 Å². The maximum absolute atomic E-state index is 12.7. The van der Waals surface area contributed by atoms with E-state index in [0.29, 0.717) is 13.1 Å². The number of carbonyl (C=O) groups excluding carboxylic acids is 2. The van der Waals surface area contributed by atoms with E-state index in [0.717, 1.165) is 22.3 Å². The van der Waals surface area contributed by atoms with Gasteiger partial charge in [0.25, 0.3) is 0 Å². The molecule has 2 amide bonds. The van der Waals surface area contributed by atoms with E-state index in [4.69, 9.17) is 9.47 Å². The van der Waals surface area contributed by atoms with Gasteiger partial charge in [0.15, 0.2) is 0 Å². The van der Waals surface area contributed by atoms with Crippen LogP contribution in [0.15, 0.2) is 78.9 Å². The highest BCUT2D eigenvalue weighted by Gasteiger charge is 2.49. The Morgan fingerprint density at radius 3 is 1.57 bits per heavy atom. The van der Waals surface area contributed by atoms with Crippen LogP contribution >= 0.6 is 0 Å². The highest BCUT2D eigenvalue weighted by Crippen LogP contribution is 2.35. The van der Waals surface area contributed by atoms with Crippen molar-refractivity contribution in [3.8, 4) is 22.3 Å². The van der Waals surface area contributed by atoms with Gasteiger partial charge in [-0.2, -0.15) is 0 Å². The molecule has 1 saturated heterocycles. The third-order valence-electron chi connectivity index (χ3n) is 6.08. The Labute approximate surface area is 219 Å². The van der Waals surface area contributed by atoms with E-state index in [-0.39, 0.29) is 0 Å². The predicted octanol–water partition coefficient (Wildman–Crippen LogP) is 6.99. The largest absolute Gasteiger partial charge is 0.444 e. The molecule has 0 atom stereocenters. The number of nitrogens with zero attached hydrogens (tertiary/aromatic N) is 1. The summed E-state index contributed by atoms with van der Waals surface area (Å²) in [5.74, 6) is 0. The minimum atomic E-state index is -0.755. The quantitative estimate of drug-likeness (QED) is 0.419. The van der Waals surface area contributed by atoms with Crippen LogP contribution in [0.5, 0.6) is 0 Å². The fourth-order valence-electron chi connectivity index (χ4n) is 4.36. The van der Waals surface area contributed by atoms with E-state index in [1.54, 1.807) is 4.90 Å². The summed E-state index contributed by atoms with van der Waals surface area (Å²) in [4.78, 5) is 26.9. The Morgan fingerprint density at radius 1 is 0.676 bits per heavy atom. The van der Waals surface area contributed by atoms with Gasteiger partial charge in [-0.1, -0.05) is 78.9 Å². The van der Waals surface area contributed by atoms with Crippen molar-refractivity contribution in [2.45, 2.75) is 58.3 Å². The molecule has 1 aliphatic rings. The summed E-state index contributed by atoms with van der Waals surface area (Å²) in [5.41, 5.74) is 3.44. The zero-order chi connectivity index (χ0) is 26.8. The molecule has 37 heavy (non-hydrogen) atoms. The second kappa shape index (κ2) is 9.92. The summed E-state index contributed by atoms with van der Waals surface area (Å²) in [6.45, 7) is 11.6. The number of likely N-dealkylation sites (tertiary alicyclic amines) is 1. The Morgan fingerprint density at radius 2 is 1.11 bits per heavy atom. The number of rotatable bonds is 4. The number of ether oxygens (including phenoxy) is 2. The van der Waals surface area contributed by atoms with Gasteiger partial charge in [-0.25, -0.2) is 9.59 Å². The Hall–Kier alpha value is -3.80. The first-order chi connectivity index (χ1) is 17.3. The molecule has 0 aromatic heterocycles. The predicted molar refractivity (Wildman–Crippen MR) is 146 cm³/mol.